The fourth-order valence-corrected chi connectivity index (χ4v) is 1.54. The van der Waals surface area contributed by atoms with Crippen molar-refractivity contribution in [3.63, 3.8) is 0 Å². The molecule has 1 aliphatic heterocycles. The van der Waals surface area contributed by atoms with E-state index >= 15 is 0 Å². The molecule has 1 N–H and O–H groups in total. The molecule has 0 spiro atoms. The first-order chi connectivity index (χ1) is 8.02. The fourth-order valence-electron chi connectivity index (χ4n) is 1.54. The lowest BCUT2D eigenvalue weighted by atomic mass is 10.2. The van der Waals surface area contributed by atoms with Gasteiger partial charge in [0.15, 0.2) is 0 Å². The molecular weight excluding hydrogens is 226 g/mol. The Morgan fingerprint density at radius 2 is 2.29 bits per heavy atom. The lowest BCUT2D eigenvalue weighted by Gasteiger charge is -2.21. The Hall–Kier alpha value is -1.14. The van der Waals surface area contributed by atoms with E-state index in [1.54, 1.807) is 0 Å². The van der Waals surface area contributed by atoms with E-state index < -0.39 is 12.0 Å². The van der Waals surface area contributed by atoms with Crippen molar-refractivity contribution in [3.05, 3.63) is 0 Å². The van der Waals surface area contributed by atoms with Crippen LogP contribution in [0.5, 0.6) is 0 Å². The molecule has 17 heavy (non-hydrogen) atoms. The van der Waals surface area contributed by atoms with Crippen LogP contribution in [0.25, 0.3) is 0 Å². The van der Waals surface area contributed by atoms with Gasteiger partial charge in [0, 0.05) is 13.7 Å². The molecule has 2 atom stereocenters. The highest BCUT2D eigenvalue weighted by molar-refractivity contribution is 5.83. The second-order valence-electron chi connectivity index (χ2n) is 4.17. The maximum absolute atomic E-state index is 11.6. The second-order valence-corrected chi connectivity index (χ2v) is 4.17. The Bertz CT molecular complexity index is 275. The van der Waals surface area contributed by atoms with Crippen LogP contribution < -0.4 is 0 Å². The van der Waals surface area contributed by atoms with E-state index in [1.165, 1.54) is 14.0 Å². The van der Waals surface area contributed by atoms with Crippen LogP contribution in [0.4, 0.5) is 0 Å². The number of ether oxygens (including phenoxy) is 2. The van der Waals surface area contributed by atoms with Crippen LogP contribution in [0.15, 0.2) is 0 Å². The molecule has 0 aromatic carbocycles. The molecule has 1 amide bonds. The molecule has 6 nitrogen and oxygen atoms in total. The zero-order valence-electron chi connectivity index (χ0n) is 10.2. The van der Waals surface area contributed by atoms with Gasteiger partial charge in [0.1, 0.15) is 12.6 Å². The smallest absolute Gasteiger partial charge is 0.326 e. The summed E-state index contributed by atoms with van der Waals surface area (Å²) in [5, 5.41) is 8.74. The second kappa shape index (κ2) is 6.56. The first-order valence-corrected chi connectivity index (χ1v) is 5.70. The summed E-state index contributed by atoms with van der Waals surface area (Å²) < 4.78 is 10.6. The molecule has 0 radical (unpaired) electrons. The molecule has 1 fully saturated rings. The number of likely N-dealkylation sites (N-methyl/N-ethyl adjacent to an activating group) is 1. The number of hydrogen-bond acceptors (Lipinski definition) is 4. The van der Waals surface area contributed by atoms with Crippen molar-refractivity contribution in [1.29, 1.82) is 0 Å². The molecule has 0 saturated carbocycles. The van der Waals surface area contributed by atoms with Crippen LogP contribution in [0.3, 0.4) is 0 Å². The monoisotopic (exact) mass is 245 g/mol. The van der Waals surface area contributed by atoms with Gasteiger partial charge in [-0.25, -0.2) is 4.79 Å². The van der Waals surface area contributed by atoms with Gasteiger partial charge in [-0.3, -0.25) is 4.79 Å². The Balaban J connectivity index is 2.21. The highest BCUT2D eigenvalue weighted by Crippen LogP contribution is 2.11. The normalized spacial score (nSPS) is 21.2. The highest BCUT2D eigenvalue weighted by Gasteiger charge is 2.22. The lowest BCUT2D eigenvalue weighted by molar-refractivity contribution is -0.150. The SMILES string of the molecule is CC(C(=O)O)N(C)C(=O)COCC1CCCO1. The first-order valence-electron chi connectivity index (χ1n) is 5.70. The van der Waals surface area contributed by atoms with Crippen LogP contribution in [0.1, 0.15) is 19.8 Å². The summed E-state index contributed by atoms with van der Waals surface area (Å²) in [6.07, 6.45) is 2.05. The molecule has 1 rings (SSSR count). The highest BCUT2D eigenvalue weighted by atomic mass is 16.5. The third-order valence-corrected chi connectivity index (χ3v) is 2.89. The first kappa shape index (κ1) is 13.9. The Morgan fingerprint density at radius 3 is 2.82 bits per heavy atom. The molecule has 6 heteroatoms. The van der Waals surface area contributed by atoms with E-state index in [0.717, 1.165) is 24.3 Å². The summed E-state index contributed by atoms with van der Waals surface area (Å²) in [4.78, 5) is 23.4. The van der Waals surface area contributed by atoms with Gasteiger partial charge in [0.2, 0.25) is 5.91 Å². The molecule has 0 aromatic heterocycles. The van der Waals surface area contributed by atoms with Crippen molar-refractivity contribution in [2.24, 2.45) is 0 Å². The number of carbonyl (C=O) groups is 2. The molecule has 0 bridgehead atoms. The maximum atomic E-state index is 11.6. The summed E-state index contributed by atoms with van der Waals surface area (Å²) in [7, 11) is 1.45. The number of amides is 1. The molecule has 1 heterocycles. The van der Waals surface area contributed by atoms with E-state index in [-0.39, 0.29) is 18.6 Å². The number of hydrogen-bond donors (Lipinski definition) is 1. The number of carbonyl (C=O) groups excluding carboxylic acids is 1. The van der Waals surface area contributed by atoms with Gasteiger partial charge in [-0.1, -0.05) is 0 Å². The largest absolute Gasteiger partial charge is 0.480 e. The Kier molecular flexibility index (Phi) is 5.37. The van der Waals surface area contributed by atoms with Crippen molar-refractivity contribution in [2.45, 2.75) is 31.9 Å². The minimum absolute atomic E-state index is 0.0741. The molecule has 1 saturated heterocycles. The number of carboxylic acids is 1. The van der Waals surface area contributed by atoms with E-state index in [2.05, 4.69) is 0 Å². The molecule has 0 aromatic rings. The third kappa shape index (κ3) is 4.32. The van der Waals surface area contributed by atoms with Gasteiger partial charge >= 0.3 is 5.97 Å². The summed E-state index contributed by atoms with van der Waals surface area (Å²) in [5.41, 5.74) is 0. The van der Waals surface area contributed by atoms with Crippen LogP contribution in [0.2, 0.25) is 0 Å². The predicted octanol–water partition coefficient (Wildman–Crippen LogP) is 0.114. The Labute approximate surface area is 100 Å². The van der Waals surface area contributed by atoms with Crippen LogP contribution >= 0.6 is 0 Å². The quantitative estimate of drug-likeness (QED) is 0.719. The van der Waals surface area contributed by atoms with Gasteiger partial charge in [-0.15, -0.1) is 0 Å². The summed E-state index contributed by atoms with van der Waals surface area (Å²) in [6.45, 7) is 2.49. The average molecular weight is 245 g/mol. The van der Waals surface area contributed by atoms with Crippen molar-refractivity contribution < 1.29 is 24.2 Å². The topological polar surface area (TPSA) is 76.1 Å². The van der Waals surface area contributed by atoms with E-state index in [4.69, 9.17) is 14.6 Å². The van der Waals surface area contributed by atoms with Crippen molar-refractivity contribution >= 4 is 11.9 Å². The van der Waals surface area contributed by atoms with Crippen LogP contribution in [0, 0.1) is 0 Å². The molecule has 0 aliphatic carbocycles. The van der Waals surface area contributed by atoms with Gasteiger partial charge in [-0.2, -0.15) is 0 Å². The number of rotatable bonds is 6. The van der Waals surface area contributed by atoms with Gasteiger partial charge in [0.05, 0.1) is 12.7 Å². The average Bonchev–Trinajstić information content (AvgIpc) is 2.79. The molecule has 2 unspecified atom stereocenters. The summed E-state index contributed by atoms with van der Waals surface area (Å²) >= 11 is 0. The lowest BCUT2D eigenvalue weighted by Crippen LogP contribution is -2.42. The zero-order chi connectivity index (χ0) is 12.8. The van der Waals surface area contributed by atoms with Crippen molar-refractivity contribution in [2.75, 3.05) is 26.9 Å². The number of carboxylic acid groups (broad SMARTS) is 1. The molecule has 1 aliphatic rings. The standard InChI is InChI=1S/C11H19NO5/c1-8(11(14)15)12(2)10(13)7-16-6-9-4-3-5-17-9/h8-9H,3-7H2,1-2H3,(H,14,15). The van der Waals surface area contributed by atoms with Gasteiger partial charge < -0.3 is 19.5 Å². The fraction of sp³-hybridized carbons (Fsp3) is 0.818. The zero-order valence-corrected chi connectivity index (χ0v) is 10.2. The van der Waals surface area contributed by atoms with Gasteiger partial charge in [-0.05, 0) is 19.8 Å². The Morgan fingerprint density at radius 1 is 1.59 bits per heavy atom. The molecule has 98 valence electrons. The predicted molar refractivity (Wildman–Crippen MR) is 59.7 cm³/mol. The van der Waals surface area contributed by atoms with Crippen molar-refractivity contribution in [3.8, 4) is 0 Å². The summed E-state index contributed by atoms with van der Waals surface area (Å²) in [6, 6.07) is -0.839. The van der Waals surface area contributed by atoms with Crippen molar-refractivity contribution in [1.82, 2.24) is 4.90 Å². The van der Waals surface area contributed by atoms with E-state index in [9.17, 15) is 9.59 Å². The van der Waals surface area contributed by atoms with Crippen LogP contribution in [-0.2, 0) is 19.1 Å². The minimum atomic E-state index is -1.03. The number of aliphatic carboxylic acids is 1. The maximum Gasteiger partial charge on any atom is 0.326 e. The summed E-state index contributed by atoms with van der Waals surface area (Å²) in [5.74, 6) is -1.36. The minimum Gasteiger partial charge on any atom is -0.480 e. The molecular formula is C11H19NO5. The van der Waals surface area contributed by atoms with Gasteiger partial charge in [0.25, 0.3) is 0 Å². The van der Waals surface area contributed by atoms with E-state index in [1.807, 2.05) is 0 Å². The number of nitrogens with zero attached hydrogens (tertiary/aromatic N) is 1. The van der Waals surface area contributed by atoms with Crippen LogP contribution in [-0.4, -0.2) is 60.9 Å². The van der Waals surface area contributed by atoms with E-state index in [0.29, 0.717) is 6.61 Å². The third-order valence-electron chi connectivity index (χ3n) is 2.89.